The van der Waals surface area contributed by atoms with Crippen molar-refractivity contribution in [2.75, 3.05) is 5.73 Å². The monoisotopic (exact) mass is 273 g/mol. The Labute approximate surface area is 119 Å². The molecule has 0 saturated heterocycles. The first kappa shape index (κ1) is 13.2. The largest absolute Gasteiger partial charge is 0.383 e. The molecule has 0 bridgehead atoms. The van der Waals surface area contributed by atoms with Crippen LogP contribution in [0.1, 0.15) is 50.8 Å². The van der Waals surface area contributed by atoms with E-state index in [9.17, 15) is 0 Å². The molecule has 0 amide bonds. The predicted octanol–water partition coefficient (Wildman–Crippen LogP) is 2.93. The third-order valence-electron chi connectivity index (χ3n) is 4.37. The number of aromatic nitrogens is 4. The number of rotatable bonds is 3. The SMILES string of the molecule is CCn1cc(-c2nc(C3CCCCC3)n(C)c2N)cn1. The molecule has 2 aromatic heterocycles. The quantitative estimate of drug-likeness (QED) is 0.935. The van der Waals surface area contributed by atoms with E-state index in [1.54, 1.807) is 0 Å². The normalized spacial score (nSPS) is 16.7. The third kappa shape index (κ3) is 2.21. The maximum absolute atomic E-state index is 6.26. The van der Waals surface area contributed by atoms with Crippen molar-refractivity contribution in [3.8, 4) is 11.3 Å². The van der Waals surface area contributed by atoms with Crippen molar-refractivity contribution in [2.45, 2.75) is 51.5 Å². The lowest BCUT2D eigenvalue weighted by atomic mass is 9.89. The molecule has 1 aliphatic rings. The molecular formula is C15H23N5. The summed E-state index contributed by atoms with van der Waals surface area (Å²) >= 11 is 0. The fourth-order valence-electron chi connectivity index (χ4n) is 3.13. The van der Waals surface area contributed by atoms with Crippen LogP contribution in [0.4, 0.5) is 5.82 Å². The molecule has 1 saturated carbocycles. The highest BCUT2D eigenvalue weighted by molar-refractivity contribution is 5.70. The van der Waals surface area contributed by atoms with Crippen molar-refractivity contribution in [1.29, 1.82) is 0 Å². The van der Waals surface area contributed by atoms with Gasteiger partial charge in [0.05, 0.1) is 6.20 Å². The first-order chi connectivity index (χ1) is 9.70. The van der Waals surface area contributed by atoms with Gasteiger partial charge in [-0.1, -0.05) is 19.3 Å². The second kappa shape index (κ2) is 5.31. The molecule has 2 aromatic rings. The van der Waals surface area contributed by atoms with Crippen molar-refractivity contribution in [3.63, 3.8) is 0 Å². The van der Waals surface area contributed by atoms with E-state index in [1.165, 1.54) is 32.1 Å². The predicted molar refractivity (Wildman–Crippen MR) is 80.3 cm³/mol. The van der Waals surface area contributed by atoms with Crippen LogP contribution in [0.3, 0.4) is 0 Å². The number of hydrogen-bond donors (Lipinski definition) is 1. The summed E-state index contributed by atoms with van der Waals surface area (Å²) in [4.78, 5) is 4.84. The van der Waals surface area contributed by atoms with Gasteiger partial charge in [-0.15, -0.1) is 0 Å². The molecule has 5 heteroatoms. The molecule has 0 spiro atoms. The lowest BCUT2D eigenvalue weighted by Gasteiger charge is -2.21. The third-order valence-corrected chi connectivity index (χ3v) is 4.37. The van der Waals surface area contributed by atoms with Crippen LogP contribution in [0.25, 0.3) is 11.3 Å². The van der Waals surface area contributed by atoms with Crippen LogP contribution in [0.15, 0.2) is 12.4 Å². The van der Waals surface area contributed by atoms with Crippen LogP contribution >= 0.6 is 0 Å². The first-order valence-electron chi connectivity index (χ1n) is 7.55. The van der Waals surface area contributed by atoms with Crippen LogP contribution in [0, 0.1) is 0 Å². The summed E-state index contributed by atoms with van der Waals surface area (Å²) in [5.74, 6) is 2.45. The van der Waals surface area contributed by atoms with E-state index >= 15 is 0 Å². The van der Waals surface area contributed by atoms with Gasteiger partial charge in [0.2, 0.25) is 0 Å². The van der Waals surface area contributed by atoms with Crippen molar-refractivity contribution in [1.82, 2.24) is 19.3 Å². The lowest BCUT2D eigenvalue weighted by Crippen LogP contribution is -2.11. The summed E-state index contributed by atoms with van der Waals surface area (Å²) in [5, 5.41) is 4.32. The minimum atomic E-state index is 0.561. The van der Waals surface area contributed by atoms with Crippen molar-refractivity contribution in [2.24, 2.45) is 7.05 Å². The fourth-order valence-corrected chi connectivity index (χ4v) is 3.13. The van der Waals surface area contributed by atoms with Crippen LogP contribution in [-0.2, 0) is 13.6 Å². The molecule has 0 unspecified atom stereocenters. The van der Waals surface area contributed by atoms with E-state index in [2.05, 4.69) is 16.6 Å². The van der Waals surface area contributed by atoms with Crippen LogP contribution in [0.2, 0.25) is 0 Å². The Hall–Kier alpha value is -1.78. The molecule has 1 aliphatic carbocycles. The topological polar surface area (TPSA) is 61.7 Å². The van der Waals surface area contributed by atoms with E-state index in [0.29, 0.717) is 5.92 Å². The van der Waals surface area contributed by atoms with E-state index in [4.69, 9.17) is 10.7 Å². The smallest absolute Gasteiger partial charge is 0.131 e. The molecule has 2 heterocycles. The molecule has 108 valence electrons. The summed E-state index contributed by atoms with van der Waals surface area (Å²) in [7, 11) is 2.03. The molecule has 1 fully saturated rings. The van der Waals surface area contributed by atoms with Gasteiger partial charge in [-0.05, 0) is 19.8 Å². The van der Waals surface area contributed by atoms with Gasteiger partial charge in [-0.25, -0.2) is 4.98 Å². The molecule has 0 atom stereocenters. The number of nitrogens with zero attached hydrogens (tertiary/aromatic N) is 4. The first-order valence-corrected chi connectivity index (χ1v) is 7.55. The average molecular weight is 273 g/mol. The molecule has 3 rings (SSSR count). The maximum atomic E-state index is 6.26. The van der Waals surface area contributed by atoms with Gasteiger partial charge in [-0.3, -0.25) is 4.68 Å². The molecule has 0 radical (unpaired) electrons. The lowest BCUT2D eigenvalue weighted by molar-refractivity contribution is 0.422. The minimum absolute atomic E-state index is 0.561. The Morgan fingerprint density at radius 1 is 1.30 bits per heavy atom. The zero-order valence-electron chi connectivity index (χ0n) is 12.3. The van der Waals surface area contributed by atoms with Gasteiger partial charge in [0.15, 0.2) is 0 Å². The summed E-state index contributed by atoms with van der Waals surface area (Å²) in [6.45, 7) is 2.94. The Morgan fingerprint density at radius 2 is 2.05 bits per heavy atom. The van der Waals surface area contributed by atoms with E-state index in [1.807, 2.05) is 24.1 Å². The standard InChI is InChI=1S/C15H23N5/c1-3-20-10-12(9-17-20)13-14(16)19(2)15(18-13)11-7-5-4-6-8-11/h9-11H,3-8,16H2,1-2H3. The van der Waals surface area contributed by atoms with Crippen LogP contribution in [-0.4, -0.2) is 19.3 Å². The number of aryl methyl sites for hydroxylation is 1. The number of hydrogen-bond acceptors (Lipinski definition) is 3. The van der Waals surface area contributed by atoms with Gasteiger partial charge in [0.1, 0.15) is 17.3 Å². The van der Waals surface area contributed by atoms with Crippen molar-refractivity contribution in [3.05, 3.63) is 18.2 Å². The Morgan fingerprint density at radius 3 is 2.70 bits per heavy atom. The highest BCUT2D eigenvalue weighted by atomic mass is 15.3. The van der Waals surface area contributed by atoms with Gasteiger partial charge in [0.25, 0.3) is 0 Å². The molecule has 0 aliphatic heterocycles. The van der Waals surface area contributed by atoms with E-state index in [-0.39, 0.29) is 0 Å². The highest BCUT2D eigenvalue weighted by Crippen LogP contribution is 2.35. The minimum Gasteiger partial charge on any atom is -0.383 e. The zero-order chi connectivity index (χ0) is 14.1. The van der Waals surface area contributed by atoms with Crippen LogP contribution in [0.5, 0.6) is 0 Å². The summed E-state index contributed by atoms with van der Waals surface area (Å²) in [6, 6.07) is 0. The maximum Gasteiger partial charge on any atom is 0.131 e. The molecule has 5 nitrogen and oxygen atoms in total. The average Bonchev–Trinajstić information content (AvgIpc) is 3.06. The van der Waals surface area contributed by atoms with E-state index in [0.717, 1.165) is 29.4 Å². The Kier molecular flexibility index (Phi) is 3.51. The molecule has 2 N–H and O–H groups in total. The zero-order valence-corrected chi connectivity index (χ0v) is 12.3. The van der Waals surface area contributed by atoms with Gasteiger partial charge >= 0.3 is 0 Å². The van der Waals surface area contributed by atoms with Crippen molar-refractivity contribution < 1.29 is 0 Å². The Bertz CT molecular complexity index is 589. The summed E-state index contributed by atoms with van der Waals surface area (Å²) in [5.41, 5.74) is 8.15. The summed E-state index contributed by atoms with van der Waals surface area (Å²) < 4.78 is 3.97. The van der Waals surface area contributed by atoms with Gasteiger partial charge in [0, 0.05) is 31.3 Å². The van der Waals surface area contributed by atoms with Gasteiger partial charge < -0.3 is 10.3 Å². The number of imidazole rings is 1. The number of anilines is 1. The highest BCUT2D eigenvalue weighted by Gasteiger charge is 2.23. The molecule has 20 heavy (non-hydrogen) atoms. The second-order valence-electron chi connectivity index (χ2n) is 5.68. The van der Waals surface area contributed by atoms with Crippen LogP contribution < -0.4 is 5.73 Å². The van der Waals surface area contributed by atoms with Crippen molar-refractivity contribution >= 4 is 5.82 Å². The van der Waals surface area contributed by atoms with E-state index < -0.39 is 0 Å². The fraction of sp³-hybridized carbons (Fsp3) is 0.600. The van der Waals surface area contributed by atoms with Gasteiger partial charge in [-0.2, -0.15) is 5.10 Å². The number of nitrogens with two attached hydrogens (primary N) is 1. The number of nitrogen functional groups attached to an aromatic ring is 1. The Balaban J connectivity index is 1.96. The molecule has 0 aromatic carbocycles. The summed E-state index contributed by atoms with van der Waals surface area (Å²) in [6.07, 6.45) is 10.3. The second-order valence-corrected chi connectivity index (χ2v) is 5.68. The molecular weight excluding hydrogens is 250 g/mol.